The first-order chi connectivity index (χ1) is 9.93. The Bertz CT molecular complexity index is 510. The van der Waals surface area contributed by atoms with Crippen LogP contribution in [0, 0.1) is 11.7 Å². The standard InChI is InChI=1S/C16H22FNO3/c1-2-11-5-7-16(21,8-6-11)10-18-15(20)13-4-3-12(19)9-14(13)17/h3-4,9,11,19,21H,2,5-8,10H2,1H3,(H,18,20). The largest absolute Gasteiger partial charge is 0.508 e. The molecule has 1 saturated carbocycles. The number of hydrogen-bond donors (Lipinski definition) is 3. The summed E-state index contributed by atoms with van der Waals surface area (Å²) < 4.78 is 13.6. The van der Waals surface area contributed by atoms with Gasteiger partial charge >= 0.3 is 0 Å². The highest BCUT2D eigenvalue weighted by Gasteiger charge is 2.33. The summed E-state index contributed by atoms with van der Waals surface area (Å²) in [6, 6.07) is 3.40. The summed E-state index contributed by atoms with van der Waals surface area (Å²) in [4.78, 5) is 11.9. The lowest BCUT2D eigenvalue weighted by atomic mass is 9.78. The first kappa shape index (κ1) is 15.8. The van der Waals surface area contributed by atoms with Crippen LogP contribution in [0.15, 0.2) is 18.2 Å². The lowest BCUT2D eigenvalue weighted by molar-refractivity contribution is -0.00790. The van der Waals surface area contributed by atoms with E-state index >= 15 is 0 Å². The topological polar surface area (TPSA) is 69.6 Å². The Morgan fingerprint density at radius 1 is 1.43 bits per heavy atom. The molecule has 1 aromatic carbocycles. The van der Waals surface area contributed by atoms with Crippen LogP contribution in [0.25, 0.3) is 0 Å². The summed E-state index contributed by atoms with van der Waals surface area (Å²) in [7, 11) is 0. The number of phenolic OH excluding ortho intramolecular Hbond substituents is 1. The normalized spacial score (nSPS) is 25.6. The monoisotopic (exact) mass is 295 g/mol. The molecule has 0 aromatic heterocycles. The van der Waals surface area contributed by atoms with Crippen LogP contribution in [0.3, 0.4) is 0 Å². The van der Waals surface area contributed by atoms with E-state index in [0.717, 1.165) is 25.3 Å². The molecule has 1 aliphatic rings. The number of hydrogen-bond acceptors (Lipinski definition) is 3. The maximum Gasteiger partial charge on any atom is 0.254 e. The van der Waals surface area contributed by atoms with Gasteiger partial charge in [0.1, 0.15) is 11.6 Å². The lowest BCUT2D eigenvalue weighted by Crippen LogP contribution is -2.45. The van der Waals surface area contributed by atoms with Crippen LogP contribution in [0.2, 0.25) is 0 Å². The third-order valence-electron chi connectivity index (χ3n) is 4.39. The van der Waals surface area contributed by atoms with E-state index in [4.69, 9.17) is 5.11 Å². The maximum atomic E-state index is 13.6. The second-order valence-corrected chi connectivity index (χ2v) is 5.92. The first-order valence-electron chi connectivity index (χ1n) is 7.42. The molecule has 0 aliphatic heterocycles. The molecule has 1 aliphatic carbocycles. The van der Waals surface area contributed by atoms with Crippen LogP contribution in [0.5, 0.6) is 5.75 Å². The van der Waals surface area contributed by atoms with Crippen LogP contribution in [0.1, 0.15) is 49.4 Å². The highest BCUT2D eigenvalue weighted by atomic mass is 19.1. The zero-order valence-corrected chi connectivity index (χ0v) is 12.2. The van der Waals surface area contributed by atoms with Crippen molar-refractivity contribution in [3.63, 3.8) is 0 Å². The van der Waals surface area contributed by atoms with Crippen molar-refractivity contribution in [2.24, 2.45) is 5.92 Å². The smallest absolute Gasteiger partial charge is 0.254 e. The summed E-state index contributed by atoms with van der Waals surface area (Å²) >= 11 is 0. The molecule has 3 N–H and O–H groups in total. The fourth-order valence-corrected chi connectivity index (χ4v) is 2.83. The number of nitrogens with one attached hydrogen (secondary N) is 1. The minimum Gasteiger partial charge on any atom is -0.508 e. The minimum atomic E-state index is -0.894. The zero-order chi connectivity index (χ0) is 15.5. The van der Waals surface area contributed by atoms with E-state index in [-0.39, 0.29) is 17.9 Å². The number of carbonyl (C=O) groups excluding carboxylic acids is 1. The van der Waals surface area contributed by atoms with Crippen molar-refractivity contribution < 1.29 is 19.4 Å². The van der Waals surface area contributed by atoms with Gasteiger partial charge in [-0.2, -0.15) is 0 Å². The van der Waals surface area contributed by atoms with Gasteiger partial charge in [0.25, 0.3) is 5.91 Å². The lowest BCUT2D eigenvalue weighted by Gasteiger charge is -2.35. The fraction of sp³-hybridized carbons (Fsp3) is 0.562. The molecule has 0 heterocycles. The summed E-state index contributed by atoms with van der Waals surface area (Å²) in [5.41, 5.74) is -1.02. The molecule has 0 atom stereocenters. The molecule has 21 heavy (non-hydrogen) atoms. The molecule has 1 aromatic rings. The third kappa shape index (κ3) is 3.94. The van der Waals surface area contributed by atoms with Crippen molar-refractivity contribution in [1.29, 1.82) is 0 Å². The molecule has 5 heteroatoms. The second-order valence-electron chi connectivity index (χ2n) is 5.92. The molecule has 1 amide bonds. The Morgan fingerprint density at radius 3 is 2.67 bits per heavy atom. The first-order valence-corrected chi connectivity index (χ1v) is 7.42. The van der Waals surface area contributed by atoms with Crippen molar-refractivity contribution in [2.45, 2.75) is 44.6 Å². The van der Waals surface area contributed by atoms with E-state index in [1.807, 2.05) is 0 Å². The number of halogens is 1. The molecule has 0 spiro atoms. The highest BCUT2D eigenvalue weighted by Crippen LogP contribution is 2.33. The van der Waals surface area contributed by atoms with Gasteiger partial charge in [0.15, 0.2) is 0 Å². The molecule has 0 bridgehead atoms. The van der Waals surface area contributed by atoms with Crippen LogP contribution < -0.4 is 5.32 Å². The number of amides is 1. The third-order valence-corrected chi connectivity index (χ3v) is 4.39. The Kier molecular flexibility index (Phi) is 4.83. The number of aliphatic hydroxyl groups is 1. The van der Waals surface area contributed by atoms with Gasteiger partial charge in [0.05, 0.1) is 11.2 Å². The zero-order valence-electron chi connectivity index (χ0n) is 12.2. The second kappa shape index (κ2) is 6.43. The van der Waals surface area contributed by atoms with E-state index in [1.165, 1.54) is 12.1 Å². The molecule has 116 valence electrons. The quantitative estimate of drug-likeness (QED) is 0.799. The van der Waals surface area contributed by atoms with E-state index in [0.29, 0.717) is 18.8 Å². The number of phenols is 1. The van der Waals surface area contributed by atoms with Crippen molar-refractivity contribution in [1.82, 2.24) is 5.32 Å². The average molecular weight is 295 g/mol. The minimum absolute atomic E-state index is 0.126. The highest BCUT2D eigenvalue weighted by molar-refractivity contribution is 5.94. The summed E-state index contributed by atoms with van der Waals surface area (Å²) in [6.45, 7) is 2.27. The van der Waals surface area contributed by atoms with E-state index < -0.39 is 17.3 Å². The van der Waals surface area contributed by atoms with Gasteiger partial charge in [-0.25, -0.2) is 4.39 Å². The van der Waals surface area contributed by atoms with Crippen LogP contribution in [-0.4, -0.2) is 28.3 Å². The van der Waals surface area contributed by atoms with Crippen molar-refractivity contribution in [3.8, 4) is 5.75 Å². The summed E-state index contributed by atoms with van der Waals surface area (Å²) in [5, 5.41) is 22.2. The molecular weight excluding hydrogens is 273 g/mol. The summed E-state index contributed by atoms with van der Waals surface area (Å²) in [5.74, 6) is -0.913. The van der Waals surface area contributed by atoms with E-state index in [1.54, 1.807) is 0 Å². The Morgan fingerprint density at radius 2 is 2.10 bits per heavy atom. The predicted octanol–water partition coefficient (Wildman–Crippen LogP) is 2.59. The van der Waals surface area contributed by atoms with Crippen LogP contribution in [0.4, 0.5) is 4.39 Å². The molecule has 0 unspecified atom stereocenters. The molecule has 2 rings (SSSR count). The van der Waals surface area contributed by atoms with Gasteiger partial charge in [0.2, 0.25) is 0 Å². The molecular formula is C16H22FNO3. The fourth-order valence-electron chi connectivity index (χ4n) is 2.83. The van der Waals surface area contributed by atoms with Crippen molar-refractivity contribution >= 4 is 5.91 Å². The van der Waals surface area contributed by atoms with Crippen molar-refractivity contribution in [2.75, 3.05) is 6.54 Å². The van der Waals surface area contributed by atoms with Gasteiger partial charge in [-0.15, -0.1) is 0 Å². The van der Waals surface area contributed by atoms with Crippen molar-refractivity contribution in [3.05, 3.63) is 29.6 Å². The molecule has 0 saturated heterocycles. The predicted molar refractivity (Wildman–Crippen MR) is 77.6 cm³/mol. The number of benzene rings is 1. The molecule has 1 fully saturated rings. The maximum absolute atomic E-state index is 13.6. The van der Waals surface area contributed by atoms with Crippen LogP contribution >= 0.6 is 0 Å². The Hall–Kier alpha value is -1.62. The van der Waals surface area contributed by atoms with Gasteiger partial charge in [-0.3, -0.25) is 4.79 Å². The van der Waals surface area contributed by atoms with E-state index in [9.17, 15) is 14.3 Å². The average Bonchev–Trinajstić information content (AvgIpc) is 2.46. The SMILES string of the molecule is CCC1CCC(O)(CNC(=O)c2ccc(O)cc2F)CC1. The van der Waals surface area contributed by atoms with Gasteiger partial charge in [0, 0.05) is 12.6 Å². The van der Waals surface area contributed by atoms with Crippen LogP contribution in [-0.2, 0) is 0 Å². The van der Waals surface area contributed by atoms with Gasteiger partial charge in [-0.1, -0.05) is 13.3 Å². The molecule has 4 nitrogen and oxygen atoms in total. The van der Waals surface area contributed by atoms with Gasteiger partial charge < -0.3 is 15.5 Å². The Labute approximate surface area is 124 Å². The summed E-state index contributed by atoms with van der Waals surface area (Å²) in [6.07, 6.45) is 4.34. The van der Waals surface area contributed by atoms with Gasteiger partial charge in [-0.05, 0) is 43.7 Å². The number of carbonyl (C=O) groups is 1. The van der Waals surface area contributed by atoms with E-state index in [2.05, 4.69) is 12.2 Å². The Balaban J connectivity index is 1.92. The number of aromatic hydroxyl groups is 1. The molecule has 0 radical (unpaired) electrons. The number of rotatable bonds is 4.